The summed E-state index contributed by atoms with van der Waals surface area (Å²) in [6.07, 6.45) is 3.59. The number of nitrogen functional groups attached to an aromatic ring is 1. The van der Waals surface area contributed by atoms with E-state index in [4.69, 9.17) is 15.9 Å². The Morgan fingerprint density at radius 3 is 2.91 bits per heavy atom. The van der Waals surface area contributed by atoms with Gasteiger partial charge < -0.3 is 21.2 Å². The molecule has 2 aromatic rings. The smallest absolute Gasteiger partial charge is 0.261 e. The minimum absolute atomic E-state index is 0.140. The predicted molar refractivity (Wildman–Crippen MR) is 92.8 cm³/mol. The van der Waals surface area contributed by atoms with Crippen LogP contribution in [0.3, 0.4) is 0 Å². The molecule has 0 saturated heterocycles. The molecule has 1 saturated carbocycles. The van der Waals surface area contributed by atoms with Gasteiger partial charge in [-0.2, -0.15) is 0 Å². The molecule has 1 aromatic heterocycles. The fraction of sp³-hybridized carbons (Fsp3) is 0.294. The monoisotopic (exact) mass is 329 g/mol. The van der Waals surface area contributed by atoms with Gasteiger partial charge in [0, 0.05) is 35.5 Å². The number of methoxy groups -OCH3 is 1. The van der Waals surface area contributed by atoms with Crippen molar-refractivity contribution in [3.05, 3.63) is 45.1 Å². The Labute approximate surface area is 139 Å². The summed E-state index contributed by atoms with van der Waals surface area (Å²) in [7, 11) is 1.58. The number of hydrogen-bond donors (Lipinski definition) is 3. The van der Waals surface area contributed by atoms with Gasteiger partial charge in [0.25, 0.3) is 5.91 Å². The second-order valence-corrected chi connectivity index (χ2v) is 6.50. The highest BCUT2D eigenvalue weighted by atomic mass is 32.1. The van der Waals surface area contributed by atoms with Crippen LogP contribution in [0.4, 0.5) is 5.69 Å². The van der Waals surface area contributed by atoms with Gasteiger partial charge >= 0.3 is 0 Å². The average molecular weight is 329 g/mol. The minimum Gasteiger partial charge on any atom is -0.496 e. The topological polar surface area (TPSA) is 88.2 Å². The van der Waals surface area contributed by atoms with E-state index in [1.165, 1.54) is 23.1 Å². The summed E-state index contributed by atoms with van der Waals surface area (Å²) in [5, 5.41) is 12.4. The van der Waals surface area contributed by atoms with E-state index in [9.17, 15) is 4.79 Å². The van der Waals surface area contributed by atoms with Crippen molar-refractivity contribution in [2.45, 2.75) is 25.3 Å². The zero-order valence-corrected chi connectivity index (χ0v) is 13.7. The quantitative estimate of drug-likeness (QED) is 0.562. The molecule has 1 aliphatic rings. The second kappa shape index (κ2) is 6.42. The van der Waals surface area contributed by atoms with Crippen molar-refractivity contribution in [2.24, 2.45) is 0 Å². The summed E-state index contributed by atoms with van der Waals surface area (Å²) in [6, 6.07) is 5.60. The van der Waals surface area contributed by atoms with Crippen molar-refractivity contribution in [1.82, 2.24) is 5.32 Å². The number of rotatable bonds is 6. The van der Waals surface area contributed by atoms with E-state index in [1.807, 2.05) is 12.1 Å². The van der Waals surface area contributed by atoms with E-state index < -0.39 is 0 Å². The van der Waals surface area contributed by atoms with E-state index in [0.717, 1.165) is 18.4 Å². The van der Waals surface area contributed by atoms with Crippen LogP contribution in [0.5, 0.6) is 5.75 Å². The van der Waals surface area contributed by atoms with E-state index >= 15 is 0 Å². The number of amides is 1. The van der Waals surface area contributed by atoms with Gasteiger partial charge in [-0.25, -0.2) is 0 Å². The number of carbonyl (C=O) groups is 1. The summed E-state index contributed by atoms with van der Waals surface area (Å²) in [4.78, 5) is 12.9. The second-order valence-electron chi connectivity index (χ2n) is 5.59. The molecule has 5 nitrogen and oxygen atoms in total. The first-order valence-electron chi connectivity index (χ1n) is 7.46. The van der Waals surface area contributed by atoms with Crippen LogP contribution < -0.4 is 15.8 Å². The van der Waals surface area contributed by atoms with Gasteiger partial charge in [-0.15, -0.1) is 11.3 Å². The lowest BCUT2D eigenvalue weighted by atomic mass is 9.96. The van der Waals surface area contributed by atoms with Crippen LogP contribution in [0.1, 0.15) is 45.1 Å². The molecule has 23 heavy (non-hydrogen) atoms. The lowest BCUT2D eigenvalue weighted by Gasteiger charge is -2.15. The molecular weight excluding hydrogens is 310 g/mol. The van der Waals surface area contributed by atoms with Gasteiger partial charge in [-0.3, -0.25) is 4.79 Å². The molecule has 1 heterocycles. The predicted octanol–water partition coefficient (Wildman–Crippen LogP) is 3.14. The van der Waals surface area contributed by atoms with E-state index in [0.29, 0.717) is 34.3 Å². The molecule has 0 radical (unpaired) electrons. The molecule has 4 N–H and O–H groups in total. The molecule has 1 aromatic carbocycles. The number of ether oxygens (including phenoxy) is 1. The number of anilines is 1. The first-order chi connectivity index (χ1) is 11.1. The molecule has 1 aliphatic carbocycles. The van der Waals surface area contributed by atoms with E-state index in [-0.39, 0.29) is 5.91 Å². The van der Waals surface area contributed by atoms with Crippen LogP contribution in [0.2, 0.25) is 0 Å². The van der Waals surface area contributed by atoms with Gasteiger partial charge in [0.2, 0.25) is 0 Å². The molecule has 0 bridgehead atoms. The molecule has 3 rings (SSSR count). The fourth-order valence-corrected chi connectivity index (χ4v) is 3.42. The number of nitrogens with one attached hydrogen (secondary N) is 2. The number of hydrogen-bond acceptors (Lipinski definition) is 5. The molecular formula is C17H19N3O2S. The third-order valence-corrected chi connectivity index (χ3v) is 4.96. The molecule has 1 fully saturated rings. The van der Waals surface area contributed by atoms with Crippen molar-refractivity contribution in [3.8, 4) is 5.75 Å². The van der Waals surface area contributed by atoms with Crippen LogP contribution in [-0.4, -0.2) is 19.2 Å². The maximum atomic E-state index is 12.3. The Kier molecular flexibility index (Phi) is 4.34. The molecule has 0 spiro atoms. The van der Waals surface area contributed by atoms with Crippen molar-refractivity contribution in [2.75, 3.05) is 12.8 Å². The highest BCUT2D eigenvalue weighted by Gasteiger charge is 2.27. The third kappa shape index (κ3) is 3.22. The largest absolute Gasteiger partial charge is 0.496 e. The highest BCUT2D eigenvalue weighted by Crippen LogP contribution is 2.43. The third-order valence-electron chi connectivity index (χ3n) is 4.05. The SMILES string of the molecule is COc1csc(C(=O)NCc2c(C3CC3)ccc(N)c2C=N)c1. The van der Waals surface area contributed by atoms with Gasteiger partial charge in [-0.05, 0) is 36.0 Å². The van der Waals surface area contributed by atoms with Crippen molar-refractivity contribution >= 4 is 29.1 Å². The summed E-state index contributed by atoms with van der Waals surface area (Å²) in [5.41, 5.74) is 9.42. The first kappa shape index (κ1) is 15.6. The van der Waals surface area contributed by atoms with Crippen LogP contribution in [-0.2, 0) is 6.54 Å². The Morgan fingerprint density at radius 2 is 2.30 bits per heavy atom. The maximum Gasteiger partial charge on any atom is 0.261 e. The van der Waals surface area contributed by atoms with Crippen molar-refractivity contribution in [3.63, 3.8) is 0 Å². The molecule has 1 amide bonds. The summed E-state index contributed by atoms with van der Waals surface area (Å²) >= 11 is 1.35. The summed E-state index contributed by atoms with van der Waals surface area (Å²) in [5.74, 6) is 1.07. The lowest BCUT2D eigenvalue weighted by Crippen LogP contribution is -2.23. The number of benzene rings is 1. The van der Waals surface area contributed by atoms with Crippen molar-refractivity contribution in [1.29, 1.82) is 5.41 Å². The van der Waals surface area contributed by atoms with E-state index in [2.05, 4.69) is 5.32 Å². The summed E-state index contributed by atoms with van der Waals surface area (Å²) in [6.45, 7) is 0.376. The number of carbonyl (C=O) groups excluding carboxylic acids is 1. The maximum absolute atomic E-state index is 12.3. The van der Waals surface area contributed by atoms with Crippen LogP contribution in [0, 0.1) is 5.41 Å². The van der Waals surface area contributed by atoms with Crippen LogP contribution >= 0.6 is 11.3 Å². The Morgan fingerprint density at radius 1 is 1.52 bits per heavy atom. The zero-order valence-electron chi connectivity index (χ0n) is 12.9. The molecule has 0 unspecified atom stereocenters. The fourth-order valence-electron chi connectivity index (χ4n) is 2.64. The Bertz CT molecular complexity index is 750. The van der Waals surface area contributed by atoms with Crippen molar-refractivity contribution < 1.29 is 9.53 Å². The lowest BCUT2D eigenvalue weighted by molar-refractivity contribution is 0.0954. The minimum atomic E-state index is -0.140. The molecule has 120 valence electrons. The highest BCUT2D eigenvalue weighted by molar-refractivity contribution is 7.12. The Hall–Kier alpha value is -2.34. The van der Waals surface area contributed by atoms with E-state index in [1.54, 1.807) is 18.6 Å². The standard InChI is InChI=1S/C17H19N3O2S/c1-22-11-6-16(23-9-11)17(21)20-8-14-12(10-2-3-10)4-5-15(19)13(14)7-18/h4-7,9-10,18H,2-3,8,19H2,1H3,(H,20,21). The summed E-state index contributed by atoms with van der Waals surface area (Å²) < 4.78 is 5.10. The van der Waals surface area contributed by atoms with Crippen LogP contribution in [0.15, 0.2) is 23.6 Å². The van der Waals surface area contributed by atoms with Gasteiger partial charge in [-0.1, -0.05) is 6.07 Å². The number of thiophene rings is 1. The zero-order chi connectivity index (χ0) is 16.4. The normalized spacial score (nSPS) is 13.6. The number of nitrogens with two attached hydrogens (primary N) is 1. The average Bonchev–Trinajstić information content (AvgIpc) is 3.28. The first-order valence-corrected chi connectivity index (χ1v) is 8.34. The molecule has 6 heteroatoms. The van der Waals surface area contributed by atoms with Gasteiger partial charge in [0.05, 0.1) is 12.0 Å². The molecule has 0 aliphatic heterocycles. The van der Waals surface area contributed by atoms with Crippen LogP contribution in [0.25, 0.3) is 0 Å². The molecule has 0 atom stereocenters. The Balaban J connectivity index is 1.80. The van der Waals surface area contributed by atoms with Gasteiger partial charge in [0.15, 0.2) is 0 Å². The van der Waals surface area contributed by atoms with Gasteiger partial charge in [0.1, 0.15) is 5.75 Å².